The Balaban J connectivity index is 0.000001000. The number of hydrogen-bond acceptors (Lipinski definition) is 3. The van der Waals surface area contributed by atoms with E-state index in [9.17, 15) is 0 Å². The molecule has 5 heteroatoms. The summed E-state index contributed by atoms with van der Waals surface area (Å²) >= 11 is 0. The van der Waals surface area contributed by atoms with Gasteiger partial charge in [-0.15, -0.1) is 17.5 Å². The standard InChI is InChI=1S/C6H12N4.ClH/c1-9(2)4-6-5-10(3)8-7-6;/h5H,4H2,1-3H3;1H. The SMILES string of the molecule is CN(C)Cc1cn(C)nn1.Cl. The summed E-state index contributed by atoms with van der Waals surface area (Å²) in [5, 5.41) is 7.74. The van der Waals surface area contributed by atoms with Crippen molar-refractivity contribution in [2.75, 3.05) is 14.1 Å². The summed E-state index contributed by atoms with van der Waals surface area (Å²) in [5.41, 5.74) is 1.01. The molecule has 0 spiro atoms. The molecular weight excluding hydrogens is 164 g/mol. The van der Waals surface area contributed by atoms with Crippen LogP contribution >= 0.6 is 12.4 Å². The molecule has 0 amide bonds. The van der Waals surface area contributed by atoms with Crippen molar-refractivity contribution in [1.82, 2.24) is 19.9 Å². The summed E-state index contributed by atoms with van der Waals surface area (Å²) in [7, 11) is 5.88. The fourth-order valence-corrected chi connectivity index (χ4v) is 0.792. The molecule has 0 unspecified atom stereocenters. The van der Waals surface area contributed by atoms with Crippen LogP contribution in [0.2, 0.25) is 0 Å². The van der Waals surface area contributed by atoms with Gasteiger partial charge < -0.3 is 4.90 Å². The molecule has 0 N–H and O–H groups in total. The minimum atomic E-state index is 0. The van der Waals surface area contributed by atoms with Crippen LogP contribution in [0.3, 0.4) is 0 Å². The zero-order chi connectivity index (χ0) is 7.56. The van der Waals surface area contributed by atoms with E-state index in [1.54, 1.807) is 4.68 Å². The predicted molar refractivity (Wildman–Crippen MR) is 45.6 cm³/mol. The van der Waals surface area contributed by atoms with Crippen molar-refractivity contribution in [3.8, 4) is 0 Å². The topological polar surface area (TPSA) is 34.0 Å². The molecule has 0 aromatic carbocycles. The molecular formula is C6H13ClN4. The van der Waals surface area contributed by atoms with E-state index in [4.69, 9.17) is 0 Å². The lowest BCUT2D eigenvalue weighted by Crippen LogP contribution is -2.10. The molecule has 0 fully saturated rings. The van der Waals surface area contributed by atoms with Crippen LogP contribution in [0, 0.1) is 0 Å². The van der Waals surface area contributed by atoms with Gasteiger partial charge in [-0.25, -0.2) is 0 Å². The van der Waals surface area contributed by atoms with Gasteiger partial charge in [0.15, 0.2) is 0 Å². The average molecular weight is 177 g/mol. The van der Waals surface area contributed by atoms with Crippen molar-refractivity contribution in [3.63, 3.8) is 0 Å². The Kier molecular flexibility index (Phi) is 4.07. The Bertz CT molecular complexity index is 208. The minimum absolute atomic E-state index is 0. The van der Waals surface area contributed by atoms with E-state index in [0.29, 0.717) is 0 Å². The van der Waals surface area contributed by atoms with E-state index < -0.39 is 0 Å². The summed E-state index contributed by atoms with van der Waals surface area (Å²) in [4.78, 5) is 2.06. The molecule has 0 radical (unpaired) electrons. The number of aryl methyl sites for hydroxylation is 1. The second kappa shape index (κ2) is 4.31. The van der Waals surface area contributed by atoms with Gasteiger partial charge in [0.25, 0.3) is 0 Å². The van der Waals surface area contributed by atoms with Gasteiger partial charge in [-0.3, -0.25) is 4.68 Å². The first-order valence-electron chi connectivity index (χ1n) is 3.18. The molecule has 0 saturated carbocycles. The highest BCUT2D eigenvalue weighted by Gasteiger charge is 1.97. The molecule has 0 aliphatic carbocycles. The Morgan fingerprint density at radius 1 is 1.55 bits per heavy atom. The molecule has 1 aromatic rings. The molecule has 11 heavy (non-hydrogen) atoms. The molecule has 0 aliphatic rings. The fraction of sp³-hybridized carbons (Fsp3) is 0.667. The molecule has 1 aromatic heterocycles. The molecule has 4 nitrogen and oxygen atoms in total. The van der Waals surface area contributed by atoms with Crippen LogP contribution in [-0.2, 0) is 13.6 Å². The van der Waals surface area contributed by atoms with Gasteiger partial charge in [0, 0.05) is 19.8 Å². The number of rotatable bonds is 2. The fourth-order valence-electron chi connectivity index (χ4n) is 0.792. The Morgan fingerprint density at radius 2 is 2.18 bits per heavy atom. The summed E-state index contributed by atoms with van der Waals surface area (Å²) in [6.07, 6.45) is 1.92. The number of aromatic nitrogens is 3. The van der Waals surface area contributed by atoms with Gasteiger partial charge in [-0.2, -0.15) is 0 Å². The van der Waals surface area contributed by atoms with Gasteiger partial charge in [0.05, 0.1) is 5.69 Å². The van der Waals surface area contributed by atoms with Crippen LogP contribution in [0.25, 0.3) is 0 Å². The van der Waals surface area contributed by atoms with Crippen molar-refractivity contribution in [1.29, 1.82) is 0 Å². The molecule has 64 valence electrons. The molecule has 0 saturated heterocycles. The van der Waals surface area contributed by atoms with Gasteiger partial charge in [-0.1, -0.05) is 5.21 Å². The van der Waals surface area contributed by atoms with Crippen molar-refractivity contribution >= 4 is 12.4 Å². The van der Waals surface area contributed by atoms with Crippen molar-refractivity contribution in [2.24, 2.45) is 7.05 Å². The second-order valence-corrected chi connectivity index (χ2v) is 2.62. The highest BCUT2D eigenvalue weighted by Crippen LogP contribution is 1.93. The van der Waals surface area contributed by atoms with E-state index in [1.165, 1.54) is 0 Å². The molecule has 0 atom stereocenters. The highest BCUT2D eigenvalue weighted by molar-refractivity contribution is 5.85. The van der Waals surface area contributed by atoms with Crippen molar-refractivity contribution in [3.05, 3.63) is 11.9 Å². The number of nitrogens with zero attached hydrogens (tertiary/aromatic N) is 4. The van der Waals surface area contributed by atoms with Crippen molar-refractivity contribution < 1.29 is 0 Å². The maximum atomic E-state index is 3.93. The first-order chi connectivity index (χ1) is 4.68. The lowest BCUT2D eigenvalue weighted by Gasteiger charge is -2.04. The third-order valence-corrected chi connectivity index (χ3v) is 1.13. The second-order valence-electron chi connectivity index (χ2n) is 2.62. The van der Waals surface area contributed by atoms with Crippen LogP contribution in [0.1, 0.15) is 5.69 Å². The van der Waals surface area contributed by atoms with E-state index in [1.807, 2.05) is 27.3 Å². The number of hydrogen-bond donors (Lipinski definition) is 0. The molecule has 0 bridgehead atoms. The van der Waals surface area contributed by atoms with E-state index in [-0.39, 0.29) is 12.4 Å². The maximum Gasteiger partial charge on any atom is 0.0966 e. The lowest BCUT2D eigenvalue weighted by molar-refractivity contribution is 0.396. The number of halogens is 1. The largest absolute Gasteiger partial charge is 0.303 e. The summed E-state index contributed by atoms with van der Waals surface area (Å²) in [6, 6.07) is 0. The van der Waals surface area contributed by atoms with E-state index >= 15 is 0 Å². The van der Waals surface area contributed by atoms with Crippen LogP contribution in [-0.4, -0.2) is 34.0 Å². The monoisotopic (exact) mass is 176 g/mol. The average Bonchev–Trinajstić information content (AvgIpc) is 2.13. The van der Waals surface area contributed by atoms with Crippen LogP contribution in [0.4, 0.5) is 0 Å². The zero-order valence-electron chi connectivity index (χ0n) is 6.98. The first-order valence-corrected chi connectivity index (χ1v) is 3.18. The highest BCUT2D eigenvalue weighted by atomic mass is 35.5. The minimum Gasteiger partial charge on any atom is -0.303 e. The third kappa shape index (κ3) is 3.34. The Labute approximate surface area is 72.6 Å². The van der Waals surface area contributed by atoms with Gasteiger partial charge >= 0.3 is 0 Å². The normalized spacial score (nSPS) is 9.82. The molecule has 1 rings (SSSR count). The quantitative estimate of drug-likeness (QED) is 0.650. The molecule has 1 heterocycles. The third-order valence-electron chi connectivity index (χ3n) is 1.13. The lowest BCUT2D eigenvalue weighted by atomic mass is 10.4. The summed E-state index contributed by atoms with van der Waals surface area (Å²) in [5.74, 6) is 0. The zero-order valence-corrected chi connectivity index (χ0v) is 7.80. The van der Waals surface area contributed by atoms with Gasteiger partial charge in [0.2, 0.25) is 0 Å². The summed E-state index contributed by atoms with van der Waals surface area (Å²) in [6.45, 7) is 0.855. The molecule has 0 aliphatic heterocycles. The van der Waals surface area contributed by atoms with E-state index in [2.05, 4.69) is 15.2 Å². The van der Waals surface area contributed by atoms with Gasteiger partial charge in [-0.05, 0) is 14.1 Å². The smallest absolute Gasteiger partial charge is 0.0966 e. The van der Waals surface area contributed by atoms with Crippen LogP contribution in [0.15, 0.2) is 6.20 Å². The van der Waals surface area contributed by atoms with Crippen LogP contribution in [0.5, 0.6) is 0 Å². The summed E-state index contributed by atoms with van der Waals surface area (Å²) < 4.78 is 1.71. The Morgan fingerprint density at radius 3 is 2.55 bits per heavy atom. The van der Waals surface area contributed by atoms with E-state index in [0.717, 1.165) is 12.2 Å². The Hall–Kier alpha value is -0.610. The maximum absolute atomic E-state index is 3.93. The predicted octanol–water partition coefficient (Wildman–Crippen LogP) is 0.299. The van der Waals surface area contributed by atoms with Crippen molar-refractivity contribution in [2.45, 2.75) is 6.54 Å². The first kappa shape index (κ1) is 10.4. The van der Waals surface area contributed by atoms with Gasteiger partial charge in [0.1, 0.15) is 0 Å². The van der Waals surface area contributed by atoms with Crippen LogP contribution < -0.4 is 0 Å².